The summed E-state index contributed by atoms with van der Waals surface area (Å²) in [6, 6.07) is 0. The Labute approximate surface area is 155 Å². The van der Waals surface area contributed by atoms with E-state index in [0.29, 0.717) is 19.0 Å². The Hall–Kier alpha value is -1.69. The van der Waals surface area contributed by atoms with Gasteiger partial charge in [0.05, 0.1) is 11.3 Å². The number of likely N-dealkylation sites (tertiary alicyclic amines) is 1. The third kappa shape index (κ3) is 3.56. The Morgan fingerprint density at radius 3 is 2.73 bits per heavy atom. The first-order chi connectivity index (χ1) is 12.6. The molecule has 26 heavy (non-hydrogen) atoms. The molecule has 1 amide bonds. The maximum absolute atomic E-state index is 12.9. The first-order valence-corrected chi connectivity index (χ1v) is 10.2. The molecule has 1 aliphatic carbocycles. The number of carbonyl (C=O) groups is 1. The first kappa shape index (κ1) is 17.7. The topological polar surface area (TPSA) is 69.3 Å². The lowest BCUT2D eigenvalue weighted by atomic mass is 9.87. The largest absolute Gasteiger partial charge is 0.342 e. The highest BCUT2D eigenvalue weighted by Gasteiger charge is 2.31. The van der Waals surface area contributed by atoms with Crippen molar-refractivity contribution >= 4 is 5.91 Å². The van der Waals surface area contributed by atoms with Crippen LogP contribution in [0.2, 0.25) is 0 Å². The maximum atomic E-state index is 12.9. The van der Waals surface area contributed by atoms with Gasteiger partial charge in [0.2, 0.25) is 5.91 Å². The molecule has 0 radical (unpaired) electrons. The molecule has 1 saturated carbocycles. The molecule has 1 aromatic rings. The fraction of sp³-hybridized carbons (Fsp3) is 0.750. The van der Waals surface area contributed by atoms with Crippen molar-refractivity contribution in [2.45, 2.75) is 63.8 Å². The van der Waals surface area contributed by atoms with E-state index in [-0.39, 0.29) is 17.4 Å². The minimum atomic E-state index is 0.00674. The SMILES string of the molecule is CN1CCc2nc([C@@H]3CCCN(C(=O)C4CCCCC4)C3)[nH]c(=O)c2C1. The number of H-pyrrole nitrogens is 1. The lowest BCUT2D eigenvalue weighted by Crippen LogP contribution is -2.43. The summed E-state index contributed by atoms with van der Waals surface area (Å²) in [6.45, 7) is 3.18. The van der Waals surface area contributed by atoms with Crippen molar-refractivity contribution in [2.24, 2.45) is 5.92 Å². The standard InChI is InChI=1S/C20H30N4O2/c1-23-11-9-17-16(13-23)19(25)22-18(21-17)15-8-5-10-24(12-15)20(26)14-6-3-2-4-7-14/h14-15H,2-13H2,1H3,(H,21,22,25)/t15-/m1/s1. The van der Waals surface area contributed by atoms with E-state index in [0.717, 1.165) is 62.3 Å². The zero-order valence-electron chi connectivity index (χ0n) is 15.8. The second-order valence-corrected chi connectivity index (χ2v) is 8.32. The normalized spacial score (nSPS) is 25.1. The number of amides is 1. The Morgan fingerprint density at radius 2 is 1.92 bits per heavy atom. The van der Waals surface area contributed by atoms with Crippen LogP contribution in [0.3, 0.4) is 0 Å². The van der Waals surface area contributed by atoms with Crippen LogP contribution in [-0.2, 0) is 17.8 Å². The van der Waals surface area contributed by atoms with Crippen molar-refractivity contribution in [1.82, 2.24) is 19.8 Å². The summed E-state index contributed by atoms with van der Waals surface area (Å²) < 4.78 is 0. The number of nitrogens with one attached hydrogen (secondary N) is 1. The van der Waals surface area contributed by atoms with E-state index in [4.69, 9.17) is 4.98 Å². The zero-order chi connectivity index (χ0) is 18.1. The molecule has 6 heteroatoms. The highest BCUT2D eigenvalue weighted by Crippen LogP contribution is 2.30. The number of fused-ring (bicyclic) bond motifs is 1. The van der Waals surface area contributed by atoms with Crippen LogP contribution in [0.25, 0.3) is 0 Å². The fourth-order valence-corrected chi connectivity index (χ4v) is 4.78. The van der Waals surface area contributed by atoms with Crippen molar-refractivity contribution in [1.29, 1.82) is 0 Å². The van der Waals surface area contributed by atoms with Crippen molar-refractivity contribution in [3.63, 3.8) is 0 Å². The van der Waals surface area contributed by atoms with Crippen LogP contribution < -0.4 is 5.56 Å². The molecule has 0 bridgehead atoms. The lowest BCUT2D eigenvalue weighted by Gasteiger charge is -2.35. The monoisotopic (exact) mass is 358 g/mol. The van der Waals surface area contributed by atoms with Gasteiger partial charge in [0.15, 0.2) is 0 Å². The van der Waals surface area contributed by atoms with Crippen LogP contribution in [0.15, 0.2) is 4.79 Å². The molecule has 1 N–H and O–H groups in total. The number of aromatic nitrogens is 2. The quantitative estimate of drug-likeness (QED) is 0.878. The van der Waals surface area contributed by atoms with Gasteiger partial charge in [-0.25, -0.2) is 4.98 Å². The van der Waals surface area contributed by atoms with E-state index in [2.05, 4.69) is 9.88 Å². The van der Waals surface area contributed by atoms with Crippen molar-refractivity contribution in [3.05, 3.63) is 27.4 Å². The number of hydrogen-bond acceptors (Lipinski definition) is 4. The van der Waals surface area contributed by atoms with Crippen LogP contribution in [0.5, 0.6) is 0 Å². The van der Waals surface area contributed by atoms with Gasteiger partial charge in [-0.1, -0.05) is 19.3 Å². The number of rotatable bonds is 2. The van der Waals surface area contributed by atoms with Gasteiger partial charge in [-0.2, -0.15) is 0 Å². The van der Waals surface area contributed by atoms with Crippen molar-refractivity contribution in [2.75, 3.05) is 26.7 Å². The smallest absolute Gasteiger partial charge is 0.255 e. The molecule has 3 aliphatic rings. The third-order valence-corrected chi connectivity index (χ3v) is 6.35. The predicted octanol–water partition coefficient (Wildman–Crippen LogP) is 2.04. The summed E-state index contributed by atoms with van der Waals surface area (Å²) in [7, 11) is 2.03. The van der Waals surface area contributed by atoms with Gasteiger partial charge >= 0.3 is 0 Å². The van der Waals surface area contributed by atoms with E-state index < -0.39 is 0 Å². The molecule has 0 aromatic carbocycles. The summed E-state index contributed by atoms with van der Waals surface area (Å²) in [5.41, 5.74) is 1.78. The summed E-state index contributed by atoms with van der Waals surface area (Å²) in [6.07, 6.45) is 8.54. The average Bonchev–Trinajstić information content (AvgIpc) is 2.68. The number of likely N-dealkylation sites (N-methyl/N-ethyl adjacent to an activating group) is 1. The summed E-state index contributed by atoms with van der Waals surface area (Å²) in [5, 5.41) is 0. The predicted molar refractivity (Wildman–Crippen MR) is 100 cm³/mol. The highest BCUT2D eigenvalue weighted by molar-refractivity contribution is 5.79. The van der Waals surface area contributed by atoms with Crippen molar-refractivity contribution < 1.29 is 4.79 Å². The van der Waals surface area contributed by atoms with Gasteiger partial charge in [-0.05, 0) is 32.7 Å². The minimum absolute atomic E-state index is 0.00674. The second-order valence-electron chi connectivity index (χ2n) is 8.32. The Morgan fingerprint density at radius 1 is 1.12 bits per heavy atom. The molecule has 2 fully saturated rings. The molecule has 0 spiro atoms. The van der Waals surface area contributed by atoms with Crippen molar-refractivity contribution in [3.8, 4) is 0 Å². The maximum Gasteiger partial charge on any atom is 0.255 e. The number of aromatic amines is 1. The highest BCUT2D eigenvalue weighted by atomic mass is 16.2. The van der Waals surface area contributed by atoms with E-state index in [1.165, 1.54) is 19.3 Å². The van der Waals surface area contributed by atoms with Gasteiger partial charge in [-0.3, -0.25) is 9.59 Å². The molecule has 6 nitrogen and oxygen atoms in total. The van der Waals surface area contributed by atoms with Gasteiger partial charge in [0.25, 0.3) is 5.56 Å². The van der Waals surface area contributed by atoms with Crippen LogP contribution in [-0.4, -0.2) is 52.4 Å². The van der Waals surface area contributed by atoms with E-state index in [9.17, 15) is 9.59 Å². The molecule has 142 valence electrons. The number of piperidine rings is 1. The number of hydrogen-bond donors (Lipinski definition) is 1. The Kier molecular flexibility index (Phi) is 5.11. The van der Waals surface area contributed by atoms with Gasteiger partial charge in [0, 0.05) is 44.4 Å². The summed E-state index contributed by atoms with van der Waals surface area (Å²) in [5.74, 6) is 1.50. The van der Waals surface area contributed by atoms with Gasteiger partial charge in [0.1, 0.15) is 5.82 Å². The lowest BCUT2D eigenvalue weighted by molar-refractivity contribution is -0.137. The molecule has 3 heterocycles. The molecule has 1 aromatic heterocycles. The third-order valence-electron chi connectivity index (χ3n) is 6.35. The average molecular weight is 358 g/mol. The first-order valence-electron chi connectivity index (χ1n) is 10.2. The molecule has 4 rings (SSSR count). The van der Waals surface area contributed by atoms with Crippen LogP contribution in [0.1, 0.15) is 67.9 Å². The Balaban J connectivity index is 1.50. The summed E-state index contributed by atoms with van der Waals surface area (Å²) >= 11 is 0. The minimum Gasteiger partial charge on any atom is -0.342 e. The second kappa shape index (κ2) is 7.51. The van der Waals surface area contributed by atoms with E-state index >= 15 is 0 Å². The zero-order valence-corrected chi connectivity index (χ0v) is 15.8. The number of nitrogens with zero attached hydrogens (tertiary/aromatic N) is 3. The molecule has 0 unspecified atom stereocenters. The molecule has 1 atom stereocenters. The fourth-order valence-electron chi connectivity index (χ4n) is 4.78. The van der Waals surface area contributed by atoms with Gasteiger partial charge in [-0.15, -0.1) is 0 Å². The van der Waals surface area contributed by atoms with Crippen LogP contribution in [0, 0.1) is 5.92 Å². The Bertz CT molecular complexity index is 723. The van der Waals surface area contributed by atoms with E-state index in [1.807, 2.05) is 11.9 Å². The summed E-state index contributed by atoms with van der Waals surface area (Å²) in [4.78, 5) is 37.5. The molecule has 2 aliphatic heterocycles. The molecular weight excluding hydrogens is 328 g/mol. The molecule has 1 saturated heterocycles. The van der Waals surface area contributed by atoms with Crippen LogP contribution in [0.4, 0.5) is 0 Å². The number of carbonyl (C=O) groups excluding carboxylic acids is 1. The molecular formula is C20H30N4O2. The van der Waals surface area contributed by atoms with E-state index in [1.54, 1.807) is 0 Å². The van der Waals surface area contributed by atoms with Gasteiger partial charge < -0.3 is 14.8 Å². The van der Waals surface area contributed by atoms with Crippen LogP contribution >= 0.6 is 0 Å².